The smallest absolute Gasteiger partial charge is 0.136 e. The zero-order chi connectivity index (χ0) is 17.6. The van der Waals surface area contributed by atoms with Crippen LogP contribution in [-0.2, 0) is 0 Å². The summed E-state index contributed by atoms with van der Waals surface area (Å²) in [7, 11) is 0. The van der Waals surface area contributed by atoms with Gasteiger partial charge in [0.05, 0.1) is 12.3 Å². The van der Waals surface area contributed by atoms with Crippen LogP contribution in [0, 0.1) is 11.7 Å². The van der Waals surface area contributed by atoms with Crippen LogP contribution in [0.3, 0.4) is 0 Å². The van der Waals surface area contributed by atoms with Gasteiger partial charge in [-0.15, -0.1) is 0 Å². The molecule has 2 aromatic rings. The van der Waals surface area contributed by atoms with Crippen molar-refractivity contribution in [2.75, 3.05) is 6.61 Å². The van der Waals surface area contributed by atoms with E-state index < -0.39 is 0 Å². The Morgan fingerprint density at radius 2 is 1.88 bits per heavy atom. The lowest BCUT2D eigenvalue weighted by atomic mass is 9.77. The van der Waals surface area contributed by atoms with Crippen molar-refractivity contribution in [3.63, 3.8) is 0 Å². The Labute approximate surface area is 150 Å². The van der Waals surface area contributed by atoms with Crippen molar-refractivity contribution < 1.29 is 9.13 Å². The summed E-state index contributed by atoms with van der Waals surface area (Å²) in [4.78, 5) is 4.54. The summed E-state index contributed by atoms with van der Waals surface area (Å²) in [5.41, 5.74) is 2.51. The molecule has 0 unspecified atom stereocenters. The van der Waals surface area contributed by atoms with Gasteiger partial charge in [-0.1, -0.05) is 25.8 Å². The fourth-order valence-corrected chi connectivity index (χ4v) is 3.96. The van der Waals surface area contributed by atoms with E-state index in [1.807, 2.05) is 19.2 Å². The summed E-state index contributed by atoms with van der Waals surface area (Å²) >= 11 is 0. The second-order valence-electron chi connectivity index (χ2n) is 7.06. The maximum Gasteiger partial charge on any atom is 0.136 e. The van der Waals surface area contributed by atoms with Gasteiger partial charge < -0.3 is 4.74 Å². The highest BCUT2D eigenvalue weighted by molar-refractivity contribution is 5.61. The van der Waals surface area contributed by atoms with Crippen molar-refractivity contribution in [1.29, 1.82) is 0 Å². The van der Waals surface area contributed by atoms with Crippen LogP contribution in [0.5, 0.6) is 5.75 Å². The number of hydrogen-bond acceptors (Lipinski definition) is 2. The summed E-state index contributed by atoms with van der Waals surface area (Å²) in [6.45, 7) is 4.70. The Kier molecular flexibility index (Phi) is 6.06. The minimum atomic E-state index is -0.286. The van der Waals surface area contributed by atoms with Gasteiger partial charge in [0.2, 0.25) is 0 Å². The summed E-state index contributed by atoms with van der Waals surface area (Å²) in [5, 5.41) is 0. The molecule has 25 heavy (non-hydrogen) atoms. The van der Waals surface area contributed by atoms with Gasteiger partial charge in [0.25, 0.3) is 0 Å². The van der Waals surface area contributed by atoms with Crippen LogP contribution >= 0.6 is 0 Å². The van der Waals surface area contributed by atoms with Crippen molar-refractivity contribution in [1.82, 2.24) is 4.98 Å². The summed E-state index contributed by atoms with van der Waals surface area (Å²) in [6.07, 6.45) is 9.75. The largest absolute Gasteiger partial charge is 0.494 e. The van der Waals surface area contributed by atoms with Crippen LogP contribution in [0.15, 0.2) is 36.5 Å². The normalized spacial score (nSPS) is 20.4. The Morgan fingerprint density at radius 3 is 2.48 bits per heavy atom. The van der Waals surface area contributed by atoms with Crippen LogP contribution in [-0.4, -0.2) is 11.6 Å². The average Bonchev–Trinajstić information content (AvgIpc) is 2.63. The monoisotopic (exact) mass is 341 g/mol. The number of pyridine rings is 1. The first kappa shape index (κ1) is 17.9. The third-order valence-electron chi connectivity index (χ3n) is 5.33. The van der Waals surface area contributed by atoms with E-state index in [1.54, 1.807) is 12.1 Å². The molecule has 0 N–H and O–H groups in total. The lowest BCUT2D eigenvalue weighted by Crippen LogP contribution is -2.13. The standard InChI is InChI=1S/C22H28FNO/c1-3-5-16-6-8-17(9-7-16)18-10-13-22(24-15-18)20-12-11-19(25-4-2)14-21(20)23/h10-17H,3-9H2,1-2H3/t16-,17-. The lowest BCUT2D eigenvalue weighted by molar-refractivity contribution is 0.308. The molecule has 1 saturated carbocycles. The Morgan fingerprint density at radius 1 is 1.08 bits per heavy atom. The second kappa shape index (κ2) is 8.46. The molecule has 0 saturated heterocycles. The molecule has 1 aromatic carbocycles. The van der Waals surface area contributed by atoms with E-state index in [1.165, 1.54) is 50.2 Å². The SMILES string of the molecule is CCC[C@H]1CC[C@H](c2ccc(-c3ccc(OCC)cc3F)nc2)CC1. The number of ether oxygens (including phenoxy) is 1. The van der Waals surface area contributed by atoms with Crippen molar-refractivity contribution >= 4 is 0 Å². The van der Waals surface area contributed by atoms with Crippen LogP contribution in [0.25, 0.3) is 11.3 Å². The Hall–Kier alpha value is -1.90. The van der Waals surface area contributed by atoms with E-state index in [0.29, 0.717) is 29.5 Å². The highest BCUT2D eigenvalue weighted by Gasteiger charge is 2.22. The number of hydrogen-bond donors (Lipinski definition) is 0. The lowest BCUT2D eigenvalue weighted by Gasteiger charge is -2.28. The van der Waals surface area contributed by atoms with E-state index in [0.717, 1.165) is 5.92 Å². The quantitative estimate of drug-likeness (QED) is 0.610. The first-order valence-corrected chi connectivity index (χ1v) is 9.60. The molecule has 0 spiro atoms. The van der Waals surface area contributed by atoms with Gasteiger partial charge in [0, 0.05) is 17.8 Å². The number of halogens is 1. The van der Waals surface area contributed by atoms with Crippen LogP contribution in [0.4, 0.5) is 4.39 Å². The topological polar surface area (TPSA) is 22.1 Å². The minimum Gasteiger partial charge on any atom is -0.494 e. The van der Waals surface area contributed by atoms with Crippen molar-refractivity contribution in [2.24, 2.45) is 5.92 Å². The molecule has 134 valence electrons. The van der Waals surface area contributed by atoms with E-state index in [-0.39, 0.29) is 5.82 Å². The average molecular weight is 341 g/mol. The molecule has 1 fully saturated rings. The summed E-state index contributed by atoms with van der Waals surface area (Å²) < 4.78 is 19.7. The molecule has 1 aliphatic carbocycles. The van der Waals surface area contributed by atoms with Crippen molar-refractivity contribution in [3.05, 3.63) is 47.9 Å². The minimum absolute atomic E-state index is 0.286. The molecule has 0 atom stereocenters. The second-order valence-corrected chi connectivity index (χ2v) is 7.06. The molecule has 2 nitrogen and oxygen atoms in total. The van der Waals surface area contributed by atoms with Crippen molar-refractivity contribution in [2.45, 2.75) is 58.3 Å². The molecule has 3 heteroatoms. The first-order chi connectivity index (χ1) is 12.2. The molecule has 1 heterocycles. The van der Waals surface area contributed by atoms with Crippen LogP contribution in [0.1, 0.15) is 63.9 Å². The number of nitrogens with zero attached hydrogens (tertiary/aromatic N) is 1. The van der Waals surface area contributed by atoms with Gasteiger partial charge in [-0.25, -0.2) is 4.39 Å². The molecule has 1 aromatic heterocycles. The number of aromatic nitrogens is 1. The van der Waals surface area contributed by atoms with E-state index >= 15 is 0 Å². The summed E-state index contributed by atoms with van der Waals surface area (Å²) in [6, 6.07) is 9.06. The van der Waals surface area contributed by atoms with E-state index in [9.17, 15) is 4.39 Å². The van der Waals surface area contributed by atoms with Crippen LogP contribution in [0.2, 0.25) is 0 Å². The van der Waals surface area contributed by atoms with Gasteiger partial charge in [-0.2, -0.15) is 0 Å². The van der Waals surface area contributed by atoms with Crippen LogP contribution < -0.4 is 4.74 Å². The predicted molar refractivity (Wildman–Crippen MR) is 100 cm³/mol. The van der Waals surface area contributed by atoms with Gasteiger partial charge in [0.15, 0.2) is 0 Å². The van der Waals surface area contributed by atoms with Gasteiger partial charge in [-0.05, 0) is 68.2 Å². The molecule has 1 aliphatic rings. The fourth-order valence-electron chi connectivity index (χ4n) is 3.96. The predicted octanol–water partition coefficient (Wildman–Crippen LogP) is 6.36. The maximum absolute atomic E-state index is 14.3. The first-order valence-electron chi connectivity index (χ1n) is 9.60. The number of benzene rings is 1. The Balaban J connectivity index is 1.68. The number of rotatable bonds is 6. The zero-order valence-corrected chi connectivity index (χ0v) is 15.3. The molecule has 3 rings (SSSR count). The summed E-state index contributed by atoms with van der Waals surface area (Å²) in [5.74, 6) is 1.79. The molecule has 0 bridgehead atoms. The van der Waals surface area contributed by atoms with Crippen molar-refractivity contribution in [3.8, 4) is 17.0 Å². The molecule has 0 radical (unpaired) electrons. The maximum atomic E-state index is 14.3. The molecular weight excluding hydrogens is 313 g/mol. The third-order valence-corrected chi connectivity index (χ3v) is 5.33. The molecular formula is C22H28FNO. The van der Waals surface area contributed by atoms with Gasteiger partial charge in [-0.3, -0.25) is 4.98 Å². The zero-order valence-electron chi connectivity index (χ0n) is 15.3. The van der Waals surface area contributed by atoms with Gasteiger partial charge in [0.1, 0.15) is 11.6 Å². The Bertz CT molecular complexity index is 675. The van der Waals surface area contributed by atoms with E-state index in [2.05, 4.69) is 18.0 Å². The third kappa shape index (κ3) is 4.39. The van der Waals surface area contributed by atoms with Gasteiger partial charge >= 0.3 is 0 Å². The molecule has 0 aliphatic heterocycles. The fraction of sp³-hybridized carbons (Fsp3) is 0.500. The van der Waals surface area contributed by atoms with E-state index in [4.69, 9.17) is 4.74 Å². The molecule has 0 amide bonds. The highest BCUT2D eigenvalue weighted by Crippen LogP contribution is 2.37. The highest BCUT2D eigenvalue weighted by atomic mass is 19.1.